The van der Waals surface area contributed by atoms with Gasteiger partial charge in [0.15, 0.2) is 0 Å². The van der Waals surface area contributed by atoms with Gasteiger partial charge in [-0.15, -0.1) is 0 Å². The number of carbonyl (C=O) groups excluding carboxylic acids is 1. The lowest BCUT2D eigenvalue weighted by molar-refractivity contribution is 0.0654. The molecule has 1 fully saturated rings. The molecule has 4 rings (SSSR count). The first-order valence-electron chi connectivity index (χ1n) is 8.20. The molecule has 0 saturated carbocycles. The highest BCUT2D eigenvalue weighted by molar-refractivity contribution is 9.10. The molecule has 0 unspecified atom stereocenters. The van der Waals surface area contributed by atoms with E-state index in [9.17, 15) is 4.79 Å². The first kappa shape index (κ1) is 16.1. The number of hydrogen-bond donors (Lipinski definition) is 0. The number of fused-ring (bicyclic) bond motifs is 1. The van der Waals surface area contributed by atoms with Gasteiger partial charge in [0, 0.05) is 28.5 Å². The van der Waals surface area contributed by atoms with Gasteiger partial charge in [-0.2, -0.15) is 0 Å². The highest BCUT2D eigenvalue weighted by atomic mass is 79.9. The molecule has 1 aliphatic heterocycles. The second-order valence-corrected chi connectivity index (χ2v) is 7.01. The van der Waals surface area contributed by atoms with Crippen LogP contribution >= 0.6 is 15.9 Å². The number of methoxy groups -OCH3 is 1. The Balaban J connectivity index is 1.87. The summed E-state index contributed by atoms with van der Waals surface area (Å²) in [5.41, 5.74) is 3.28. The average molecular weight is 397 g/mol. The van der Waals surface area contributed by atoms with Gasteiger partial charge in [0.05, 0.1) is 23.9 Å². The van der Waals surface area contributed by atoms with Gasteiger partial charge in [0.1, 0.15) is 5.75 Å². The van der Waals surface area contributed by atoms with Crippen LogP contribution in [0.3, 0.4) is 0 Å². The lowest BCUT2D eigenvalue weighted by atomic mass is 10.0. The first-order valence-corrected chi connectivity index (χ1v) is 8.99. The van der Waals surface area contributed by atoms with Crippen LogP contribution in [-0.4, -0.2) is 36.0 Å². The number of aromatic nitrogens is 1. The van der Waals surface area contributed by atoms with Crippen molar-refractivity contribution >= 4 is 32.7 Å². The normalized spacial score (nSPS) is 13.6. The molecule has 1 aromatic heterocycles. The maximum Gasteiger partial charge on any atom is 0.254 e. The topological polar surface area (TPSA) is 42.4 Å². The molecule has 1 amide bonds. The van der Waals surface area contributed by atoms with Gasteiger partial charge in [0.25, 0.3) is 5.91 Å². The molecule has 1 aliphatic rings. The largest absolute Gasteiger partial charge is 0.497 e. The van der Waals surface area contributed by atoms with Gasteiger partial charge >= 0.3 is 0 Å². The molecule has 0 bridgehead atoms. The third-order valence-electron chi connectivity index (χ3n) is 4.53. The number of likely N-dealkylation sites (tertiary alicyclic amines) is 1. The van der Waals surface area contributed by atoms with Gasteiger partial charge in [-0.05, 0) is 55.0 Å². The number of rotatable bonds is 3. The Bertz CT molecular complexity index is 950. The van der Waals surface area contributed by atoms with Gasteiger partial charge < -0.3 is 9.64 Å². The molecule has 0 N–H and O–H groups in total. The van der Waals surface area contributed by atoms with Gasteiger partial charge in [-0.1, -0.05) is 15.9 Å². The molecule has 0 aliphatic carbocycles. The summed E-state index contributed by atoms with van der Waals surface area (Å²) in [5, 5.41) is 0.878. The quantitative estimate of drug-likeness (QED) is 0.653. The summed E-state index contributed by atoms with van der Waals surface area (Å²) in [5.74, 6) is 0.872. The fraction of sp³-hybridized carbons (Fsp3) is 0.200. The fourth-order valence-electron chi connectivity index (χ4n) is 2.97. The Morgan fingerprint density at radius 2 is 1.88 bits per heavy atom. The van der Waals surface area contributed by atoms with Crippen LogP contribution in [0, 0.1) is 0 Å². The van der Waals surface area contributed by atoms with Crippen molar-refractivity contribution in [1.82, 2.24) is 9.88 Å². The minimum absolute atomic E-state index is 0.0755. The van der Waals surface area contributed by atoms with E-state index in [2.05, 4.69) is 15.9 Å². The van der Waals surface area contributed by atoms with Gasteiger partial charge in [0.2, 0.25) is 0 Å². The smallest absolute Gasteiger partial charge is 0.254 e. The lowest BCUT2D eigenvalue weighted by Gasteiger charge is -2.31. The van der Waals surface area contributed by atoms with E-state index < -0.39 is 0 Å². The van der Waals surface area contributed by atoms with Crippen molar-refractivity contribution in [3.8, 4) is 17.0 Å². The Morgan fingerprint density at radius 1 is 1.12 bits per heavy atom. The zero-order valence-corrected chi connectivity index (χ0v) is 15.4. The molecule has 0 radical (unpaired) electrons. The fourth-order valence-corrected chi connectivity index (χ4v) is 3.34. The summed E-state index contributed by atoms with van der Waals surface area (Å²) in [7, 11) is 1.64. The molecule has 0 spiro atoms. The molecule has 1 saturated heterocycles. The molecule has 5 heteroatoms. The van der Waals surface area contributed by atoms with Crippen molar-refractivity contribution in [2.45, 2.75) is 6.42 Å². The van der Waals surface area contributed by atoms with E-state index in [0.29, 0.717) is 5.56 Å². The van der Waals surface area contributed by atoms with Gasteiger partial charge in [-0.25, -0.2) is 4.98 Å². The van der Waals surface area contributed by atoms with Crippen LogP contribution in [0.4, 0.5) is 0 Å². The summed E-state index contributed by atoms with van der Waals surface area (Å²) < 4.78 is 6.16. The van der Waals surface area contributed by atoms with E-state index in [0.717, 1.165) is 51.9 Å². The molecule has 2 heterocycles. The highest BCUT2D eigenvalue weighted by Crippen LogP contribution is 2.29. The Morgan fingerprint density at radius 3 is 2.52 bits per heavy atom. The first-order chi connectivity index (χ1) is 12.2. The van der Waals surface area contributed by atoms with Crippen molar-refractivity contribution in [3.05, 3.63) is 58.6 Å². The second-order valence-electron chi connectivity index (χ2n) is 6.09. The molecule has 2 aromatic carbocycles. The number of nitrogens with zero attached hydrogens (tertiary/aromatic N) is 2. The van der Waals surface area contributed by atoms with Crippen LogP contribution in [0.5, 0.6) is 5.75 Å². The number of pyridine rings is 1. The third kappa shape index (κ3) is 3.00. The van der Waals surface area contributed by atoms with Crippen LogP contribution in [0.25, 0.3) is 22.2 Å². The molecule has 0 atom stereocenters. The highest BCUT2D eigenvalue weighted by Gasteiger charge is 2.24. The van der Waals surface area contributed by atoms with Crippen LogP contribution in [0.1, 0.15) is 16.8 Å². The zero-order valence-electron chi connectivity index (χ0n) is 13.8. The van der Waals surface area contributed by atoms with Crippen LogP contribution < -0.4 is 4.74 Å². The third-order valence-corrected chi connectivity index (χ3v) is 5.02. The minimum Gasteiger partial charge on any atom is -0.497 e. The number of carbonyl (C=O) groups is 1. The molecule has 126 valence electrons. The number of amides is 1. The van der Waals surface area contributed by atoms with Crippen LogP contribution in [0.15, 0.2) is 53.0 Å². The Hall–Kier alpha value is -2.40. The number of ether oxygens (including phenoxy) is 1. The van der Waals surface area contributed by atoms with Crippen molar-refractivity contribution in [2.75, 3.05) is 20.2 Å². The van der Waals surface area contributed by atoms with Crippen molar-refractivity contribution in [3.63, 3.8) is 0 Å². The van der Waals surface area contributed by atoms with Gasteiger partial charge in [-0.3, -0.25) is 4.79 Å². The summed E-state index contributed by atoms with van der Waals surface area (Å²) in [4.78, 5) is 19.5. The van der Waals surface area contributed by atoms with E-state index in [1.54, 1.807) is 7.11 Å². The summed E-state index contributed by atoms with van der Waals surface area (Å²) in [6.07, 6.45) is 1.07. The summed E-state index contributed by atoms with van der Waals surface area (Å²) in [6.45, 7) is 1.66. The Kier molecular flexibility index (Phi) is 4.17. The Labute approximate surface area is 154 Å². The van der Waals surface area contributed by atoms with E-state index in [4.69, 9.17) is 9.72 Å². The van der Waals surface area contributed by atoms with Crippen molar-refractivity contribution in [2.24, 2.45) is 0 Å². The SMILES string of the molecule is COc1ccc(-c2cc(C(=O)N3CCC3)c3cc(Br)ccc3n2)cc1. The van der Waals surface area contributed by atoms with E-state index in [-0.39, 0.29) is 5.91 Å². The molecular weight excluding hydrogens is 380 g/mol. The second kappa shape index (κ2) is 6.48. The number of benzene rings is 2. The number of hydrogen-bond acceptors (Lipinski definition) is 3. The maximum atomic E-state index is 12.9. The standard InChI is InChI=1S/C20H17BrN2O2/c1-25-15-6-3-13(4-7-15)19-12-17(20(24)23-9-2-10-23)16-11-14(21)5-8-18(16)22-19/h3-8,11-12H,2,9-10H2,1H3. The summed E-state index contributed by atoms with van der Waals surface area (Å²) in [6, 6.07) is 15.5. The van der Waals surface area contributed by atoms with E-state index in [1.807, 2.05) is 53.4 Å². The molecule has 4 nitrogen and oxygen atoms in total. The number of halogens is 1. The van der Waals surface area contributed by atoms with E-state index >= 15 is 0 Å². The molecular formula is C20H17BrN2O2. The van der Waals surface area contributed by atoms with Crippen LogP contribution in [0.2, 0.25) is 0 Å². The summed E-state index contributed by atoms with van der Waals surface area (Å²) >= 11 is 3.50. The molecule has 3 aromatic rings. The van der Waals surface area contributed by atoms with Crippen molar-refractivity contribution < 1.29 is 9.53 Å². The monoisotopic (exact) mass is 396 g/mol. The minimum atomic E-state index is 0.0755. The maximum absolute atomic E-state index is 12.9. The molecule has 25 heavy (non-hydrogen) atoms. The van der Waals surface area contributed by atoms with E-state index in [1.165, 1.54) is 0 Å². The predicted octanol–water partition coefficient (Wildman–Crippen LogP) is 4.52. The predicted molar refractivity (Wildman–Crippen MR) is 102 cm³/mol. The lowest BCUT2D eigenvalue weighted by Crippen LogP contribution is -2.42. The average Bonchev–Trinajstić information content (AvgIpc) is 2.59. The van der Waals surface area contributed by atoms with Crippen molar-refractivity contribution in [1.29, 1.82) is 0 Å². The van der Waals surface area contributed by atoms with Crippen LogP contribution in [-0.2, 0) is 0 Å². The zero-order chi connectivity index (χ0) is 17.4.